The second kappa shape index (κ2) is 10.7. The zero-order valence-corrected chi connectivity index (χ0v) is 23.2. The molecular weight excluding hydrogens is 508 g/mol. The smallest absolute Gasteiger partial charge is 0.323 e. The van der Waals surface area contributed by atoms with E-state index >= 15 is 0 Å². The SMILES string of the molecule is CN/C=C(/NC(=O)c1cccc(N2CC3(CCN(Cc4ccccc4)C3)NC2=O)n1)C(=N)N1CCC(C)(C)C1=O. The highest BCUT2D eigenvalue weighted by Gasteiger charge is 2.48. The molecule has 11 heteroatoms. The molecule has 3 aliphatic heterocycles. The maximum Gasteiger partial charge on any atom is 0.323 e. The molecule has 1 unspecified atom stereocenters. The summed E-state index contributed by atoms with van der Waals surface area (Å²) in [6.45, 7) is 7.00. The van der Waals surface area contributed by atoms with Gasteiger partial charge in [-0.1, -0.05) is 50.2 Å². The van der Waals surface area contributed by atoms with Crippen LogP contribution in [0.4, 0.5) is 10.6 Å². The van der Waals surface area contributed by atoms with Gasteiger partial charge in [0.15, 0.2) is 5.84 Å². The molecule has 210 valence electrons. The maximum absolute atomic E-state index is 13.2. The monoisotopic (exact) mass is 544 g/mol. The Labute approximate surface area is 234 Å². The number of urea groups is 1. The zero-order valence-electron chi connectivity index (χ0n) is 23.2. The van der Waals surface area contributed by atoms with E-state index in [1.165, 1.54) is 16.7 Å². The van der Waals surface area contributed by atoms with Crippen LogP contribution in [0.25, 0.3) is 0 Å². The van der Waals surface area contributed by atoms with Gasteiger partial charge >= 0.3 is 6.03 Å². The summed E-state index contributed by atoms with van der Waals surface area (Å²) in [4.78, 5) is 48.8. The fourth-order valence-electron chi connectivity index (χ4n) is 5.58. The van der Waals surface area contributed by atoms with Gasteiger partial charge in [0.05, 0.1) is 17.8 Å². The van der Waals surface area contributed by atoms with Crippen LogP contribution in [-0.2, 0) is 11.3 Å². The molecule has 2 aromatic rings. The van der Waals surface area contributed by atoms with E-state index in [-0.39, 0.29) is 34.7 Å². The number of rotatable bonds is 7. The summed E-state index contributed by atoms with van der Waals surface area (Å²) in [7, 11) is 1.65. The largest absolute Gasteiger partial charge is 0.392 e. The van der Waals surface area contributed by atoms with Crippen LogP contribution in [0.15, 0.2) is 60.4 Å². The van der Waals surface area contributed by atoms with Crippen LogP contribution in [0.5, 0.6) is 0 Å². The number of amidine groups is 1. The van der Waals surface area contributed by atoms with E-state index in [1.807, 2.05) is 32.0 Å². The molecule has 1 aromatic heterocycles. The molecule has 3 aliphatic rings. The van der Waals surface area contributed by atoms with Gasteiger partial charge in [-0.05, 0) is 30.5 Å². The highest BCUT2D eigenvalue weighted by atomic mass is 16.2. The molecule has 40 heavy (non-hydrogen) atoms. The standard InChI is InChI=1S/C29H36N8O3/c1-28(2)12-15-36(26(28)39)24(30)22(16-31-3)33-25(38)21-10-7-11-23(32-21)37-19-29(34-27(37)40)13-14-35(18-29)17-20-8-5-4-6-9-20/h4-11,16,30-31H,12-15,17-19H2,1-3H3,(H,33,38)(H,34,40)/b22-16+,30-24?. The van der Waals surface area contributed by atoms with Gasteiger partial charge in [0.2, 0.25) is 5.91 Å². The van der Waals surface area contributed by atoms with E-state index in [0.717, 1.165) is 26.1 Å². The normalized spacial score (nSPS) is 22.6. The molecule has 0 saturated carbocycles. The van der Waals surface area contributed by atoms with E-state index in [4.69, 9.17) is 5.41 Å². The molecule has 0 bridgehead atoms. The van der Waals surface area contributed by atoms with E-state index in [2.05, 4.69) is 38.0 Å². The Hall–Kier alpha value is -4.25. The Morgan fingerprint density at radius 1 is 1.07 bits per heavy atom. The van der Waals surface area contributed by atoms with Crippen molar-refractivity contribution in [2.75, 3.05) is 38.1 Å². The van der Waals surface area contributed by atoms with Crippen LogP contribution in [-0.4, -0.2) is 77.2 Å². The quantitative estimate of drug-likeness (QED) is 0.312. The predicted molar refractivity (Wildman–Crippen MR) is 152 cm³/mol. The lowest BCUT2D eigenvalue weighted by Crippen LogP contribution is -2.45. The average Bonchev–Trinajstić information content (AvgIpc) is 3.57. The van der Waals surface area contributed by atoms with Gasteiger partial charge in [-0.15, -0.1) is 0 Å². The minimum absolute atomic E-state index is 0.0865. The second-order valence-corrected chi connectivity index (χ2v) is 11.4. The summed E-state index contributed by atoms with van der Waals surface area (Å²) in [5, 5.41) is 17.3. The van der Waals surface area contributed by atoms with Gasteiger partial charge in [0.25, 0.3) is 5.91 Å². The molecule has 4 heterocycles. The molecule has 1 spiro atoms. The number of hydrogen-bond acceptors (Lipinski definition) is 7. The Kier molecular flexibility index (Phi) is 7.33. The third kappa shape index (κ3) is 5.42. The van der Waals surface area contributed by atoms with Gasteiger partial charge in [-0.25, -0.2) is 9.78 Å². The number of amides is 4. The van der Waals surface area contributed by atoms with Crippen LogP contribution in [0.1, 0.15) is 42.7 Å². The van der Waals surface area contributed by atoms with E-state index in [9.17, 15) is 14.4 Å². The summed E-state index contributed by atoms with van der Waals surface area (Å²) in [5.74, 6) is -0.397. The molecule has 1 atom stereocenters. The lowest BCUT2D eigenvalue weighted by Gasteiger charge is -2.24. The van der Waals surface area contributed by atoms with Crippen molar-refractivity contribution in [1.82, 2.24) is 30.7 Å². The number of nitrogens with one attached hydrogen (secondary N) is 4. The summed E-state index contributed by atoms with van der Waals surface area (Å²) < 4.78 is 0. The Morgan fingerprint density at radius 2 is 1.85 bits per heavy atom. The van der Waals surface area contributed by atoms with Crippen molar-refractivity contribution in [2.45, 2.75) is 38.8 Å². The third-order valence-electron chi connectivity index (χ3n) is 7.85. The summed E-state index contributed by atoms with van der Waals surface area (Å²) in [5.41, 5.74) is 0.570. The second-order valence-electron chi connectivity index (χ2n) is 11.4. The summed E-state index contributed by atoms with van der Waals surface area (Å²) in [6, 6.07) is 15.0. The number of aromatic nitrogens is 1. The molecule has 5 rings (SSSR count). The van der Waals surface area contributed by atoms with Crippen LogP contribution < -0.4 is 20.9 Å². The minimum atomic E-state index is -0.553. The average molecular weight is 545 g/mol. The fourth-order valence-corrected chi connectivity index (χ4v) is 5.58. The van der Waals surface area contributed by atoms with Gasteiger partial charge in [0, 0.05) is 44.8 Å². The molecule has 3 saturated heterocycles. The molecular formula is C29H36N8O3. The minimum Gasteiger partial charge on any atom is -0.392 e. The van der Waals surface area contributed by atoms with Crippen LogP contribution >= 0.6 is 0 Å². The topological polar surface area (TPSA) is 134 Å². The first kappa shape index (κ1) is 27.3. The molecule has 4 amide bonds. The number of nitrogens with zero attached hydrogens (tertiary/aromatic N) is 4. The molecule has 11 nitrogen and oxygen atoms in total. The van der Waals surface area contributed by atoms with Gasteiger partial charge < -0.3 is 16.0 Å². The lowest BCUT2D eigenvalue weighted by molar-refractivity contribution is -0.131. The first-order chi connectivity index (χ1) is 19.1. The van der Waals surface area contributed by atoms with E-state index < -0.39 is 11.3 Å². The van der Waals surface area contributed by atoms with Crippen molar-refractivity contribution in [3.05, 3.63) is 71.7 Å². The molecule has 0 radical (unpaired) electrons. The molecule has 0 aliphatic carbocycles. The zero-order chi connectivity index (χ0) is 28.5. The Morgan fingerprint density at radius 3 is 2.55 bits per heavy atom. The van der Waals surface area contributed by atoms with Crippen molar-refractivity contribution in [2.24, 2.45) is 5.41 Å². The summed E-state index contributed by atoms with van der Waals surface area (Å²) in [6.07, 6.45) is 2.93. The fraction of sp³-hybridized carbons (Fsp3) is 0.414. The van der Waals surface area contributed by atoms with Crippen molar-refractivity contribution in [3.8, 4) is 0 Å². The number of carbonyl (C=O) groups is 3. The first-order valence-corrected chi connectivity index (χ1v) is 13.5. The van der Waals surface area contributed by atoms with E-state index in [1.54, 1.807) is 30.1 Å². The number of anilines is 1. The maximum atomic E-state index is 13.2. The van der Waals surface area contributed by atoms with Crippen LogP contribution in [0.2, 0.25) is 0 Å². The lowest BCUT2D eigenvalue weighted by atomic mass is 9.92. The number of likely N-dealkylation sites (tertiary alicyclic amines) is 2. The van der Waals surface area contributed by atoms with Crippen molar-refractivity contribution < 1.29 is 14.4 Å². The Bertz CT molecular complexity index is 1360. The molecule has 4 N–H and O–H groups in total. The number of pyridine rings is 1. The van der Waals surface area contributed by atoms with Crippen molar-refractivity contribution >= 4 is 29.5 Å². The van der Waals surface area contributed by atoms with Gasteiger partial charge in [-0.3, -0.25) is 29.7 Å². The highest BCUT2D eigenvalue weighted by Crippen LogP contribution is 2.32. The predicted octanol–water partition coefficient (Wildman–Crippen LogP) is 2.28. The number of carbonyl (C=O) groups excluding carboxylic acids is 3. The molecule has 3 fully saturated rings. The van der Waals surface area contributed by atoms with Crippen LogP contribution in [0, 0.1) is 10.8 Å². The molecule has 1 aromatic carbocycles. The van der Waals surface area contributed by atoms with Gasteiger partial charge in [-0.2, -0.15) is 0 Å². The van der Waals surface area contributed by atoms with Crippen molar-refractivity contribution in [1.29, 1.82) is 5.41 Å². The summed E-state index contributed by atoms with van der Waals surface area (Å²) >= 11 is 0. The van der Waals surface area contributed by atoms with E-state index in [0.29, 0.717) is 25.3 Å². The van der Waals surface area contributed by atoms with Crippen molar-refractivity contribution in [3.63, 3.8) is 0 Å². The first-order valence-electron chi connectivity index (χ1n) is 13.5. The number of hydrogen-bond donors (Lipinski definition) is 4. The Balaban J connectivity index is 1.26. The van der Waals surface area contributed by atoms with Crippen LogP contribution in [0.3, 0.4) is 0 Å². The highest BCUT2D eigenvalue weighted by molar-refractivity contribution is 6.10. The third-order valence-corrected chi connectivity index (χ3v) is 7.85. The van der Waals surface area contributed by atoms with Gasteiger partial charge in [0.1, 0.15) is 11.5 Å². The number of benzene rings is 1.